The van der Waals surface area contributed by atoms with Crippen LogP contribution in [-0.2, 0) is 0 Å². The summed E-state index contributed by atoms with van der Waals surface area (Å²) in [5.41, 5.74) is 4.17. The van der Waals surface area contributed by atoms with Crippen molar-refractivity contribution in [1.82, 2.24) is 9.97 Å². The molecule has 0 saturated heterocycles. The minimum atomic E-state index is 0.0953. The third-order valence-corrected chi connectivity index (χ3v) is 5.30. The van der Waals surface area contributed by atoms with Gasteiger partial charge in [0, 0.05) is 21.9 Å². The van der Waals surface area contributed by atoms with Crippen LogP contribution in [0.5, 0.6) is 11.6 Å². The van der Waals surface area contributed by atoms with Gasteiger partial charge < -0.3 is 9.15 Å². The lowest BCUT2D eigenvalue weighted by Gasteiger charge is -2.17. The molecule has 0 aliphatic rings. The molecule has 5 aromatic rings. The molecule has 1 atom stereocenters. The van der Waals surface area contributed by atoms with Crippen LogP contribution in [0.1, 0.15) is 24.0 Å². The molecule has 0 aliphatic carbocycles. The highest BCUT2D eigenvalue weighted by atomic mass is 35.5. The lowest BCUT2D eigenvalue weighted by atomic mass is 9.92. The van der Waals surface area contributed by atoms with E-state index in [1.807, 2.05) is 60.7 Å². The van der Waals surface area contributed by atoms with Crippen molar-refractivity contribution in [2.75, 3.05) is 0 Å². The number of ether oxygens (including phenoxy) is 1. The average molecular weight is 401 g/mol. The van der Waals surface area contributed by atoms with Gasteiger partial charge in [-0.15, -0.1) is 0 Å². The van der Waals surface area contributed by atoms with Gasteiger partial charge in [-0.1, -0.05) is 61.0 Å². The zero-order valence-corrected chi connectivity index (χ0v) is 16.4. The van der Waals surface area contributed by atoms with Crippen LogP contribution in [0, 0.1) is 0 Å². The molecule has 4 nitrogen and oxygen atoms in total. The summed E-state index contributed by atoms with van der Waals surface area (Å²) < 4.78 is 12.2. The van der Waals surface area contributed by atoms with Crippen molar-refractivity contribution in [3.63, 3.8) is 0 Å². The van der Waals surface area contributed by atoms with Crippen molar-refractivity contribution in [3.8, 4) is 11.6 Å². The zero-order chi connectivity index (χ0) is 19.8. The Morgan fingerprint density at radius 3 is 2.59 bits per heavy atom. The third kappa shape index (κ3) is 3.22. The molecule has 142 valence electrons. The molecule has 5 heteroatoms. The van der Waals surface area contributed by atoms with Gasteiger partial charge in [-0.2, -0.15) is 4.98 Å². The van der Waals surface area contributed by atoms with Crippen molar-refractivity contribution in [3.05, 3.63) is 95.3 Å². The molecule has 0 aliphatic heterocycles. The first-order valence-corrected chi connectivity index (χ1v) is 9.73. The Balaban J connectivity index is 1.61. The Hall–Kier alpha value is -3.37. The molecular weight excluding hydrogens is 384 g/mol. The standard InChI is InChI=1S/C24H17ClN2O2/c1-15(16-7-3-2-4-8-16)19-13-17(25)11-12-21(19)29-24-23-22(26-14-27-24)18-9-5-6-10-20(18)28-23/h2-15H,1H3/t15-/m0/s1. The summed E-state index contributed by atoms with van der Waals surface area (Å²) in [5.74, 6) is 1.17. The van der Waals surface area contributed by atoms with E-state index >= 15 is 0 Å². The van der Waals surface area contributed by atoms with E-state index in [2.05, 4.69) is 29.0 Å². The van der Waals surface area contributed by atoms with Gasteiger partial charge in [-0.25, -0.2) is 4.98 Å². The number of nitrogens with zero attached hydrogens (tertiary/aromatic N) is 2. The highest BCUT2D eigenvalue weighted by Gasteiger charge is 2.19. The van der Waals surface area contributed by atoms with Gasteiger partial charge in [0.15, 0.2) is 0 Å². The first-order chi connectivity index (χ1) is 14.2. The van der Waals surface area contributed by atoms with Crippen LogP contribution in [0.4, 0.5) is 0 Å². The highest BCUT2D eigenvalue weighted by Crippen LogP contribution is 2.38. The molecule has 3 aromatic carbocycles. The average Bonchev–Trinajstić information content (AvgIpc) is 3.15. The molecule has 0 spiro atoms. The quantitative estimate of drug-likeness (QED) is 0.326. The fourth-order valence-electron chi connectivity index (χ4n) is 3.55. The molecule has 2 heterocycles. The van der Waals surface area contributed by atoms with E-state index in [4.69, 9.17) is 20.8 Å². The fourth-order valence-corrected chi connectivity index (χ4v) is 3.73. The second-order valence-corrected chi connectivity index (χ2v) is 7.31. The van der Waals surface area contributed by atoms with Crippen LogP contribution in [0.15, 0.2) is 83.5 Å². The van der Waals surface area contributed by atoms with Crippen molar-refractivity contribution in [2.24, 2.45) is 0 Å². The fraction of sp³-hybridized carbons (Fsp3) is 0.0833. The Bertz CT molecular complexity index is 1310. The predicted octanol–water partition coefficient (Wildman–Crippen LogP) is 6.97. The van der Waals surface area contributed by atoms with E-state index in [0.717, 1.165) is 22.0 Å². The van der Waals surface area contributed by atoms with Crippen molar-refractivity contribution in [1.29, 1.82) is 0 Å². The number of hydrogen-bond donors (Lipinski definition) is 0. The Kier molecular flexibility index (Phi) is 4.41. The Morgan fingerprint density at radius 1 is 0.931 bits per heavy atom. The molecule has 0 bridgehead atoms. The molecule has 0 fully saturated rings. The Morgan fingerprint density at radius 2 is 1.72 bits per heavy atom. The van der Waals surface area contributed by atoms with Crippen LogP contribution >= 0.6 is 11.6 Å². The van der Waals surface area contributed by atoms with E-state index in [9.17, 15) is 0 Å². The van der Waals surface area contributed by atoms with Gasteiger partial charge in [0.2, 0.25) is 5.58 Å². The predicted molar refractivity (Wildman–Crippen MR) is 115 cm³/mol. The first-order valence-electron chi connectivity index (χ1n) is 9.35. The van der Waals surface area contributed by atoms with E-state index in [1.54, 1.807) is 0 Å². The molecule has 0 radical (unpaired) electrons. The van der Waals surface area contributed by atoms with E-state index in [1.165, 1.54) is 11.9 Å². The molecule has 0 unspecified atom stereocenters. The first kappa shape index (κ1) is 17.7. The minimum Gasteiger partial charge on any atom is -0.449 e. The highest BCUT2D eigenvalue weighted by molar-refractivity contribution is 6.30. The number of rotatable bonds is 4. The molecule has 0 saturated carbocycles. The molecule has 0 amide bonds. The number of furan rings is 1. The lowest BCUT2D eigenvalue weighted by molar-refractivity contribution is 0.449. The molecule has 29 heavy (non-hydrogen) atoms. The molecule has 0 N–H and O–H groups in total. The maximum Gasteiger partial charge on any atom is 0.267 e. The van der Waals surface area contributed by atoms with Gasteiger partial charge in [0.1, 0.15) is 23.2 Å². The second-order valence-electron chi connectivity index (χ2n) is 6.87. The van der Waals surface area contributed by atoms with E-state index in [0.29, 0.717) is 22.2 Å². The van der Waals surface area contributed by atoms with Crippen molar-refractivity contribution >= 4 is 33.7 Å². The van der Waals surface area contributed by atoms with Crippen LogP contribution in [0.3, 0.4) is 0 Å². The van der Waals surface area contributed by atoms with Crippen molar-refractivity contribution in [2.45, 2.75) is 12.8 Å². The van der Waals surface area contributed by atoms with Crippen LogP contribution in [-0.4, -0.2) is 9.97 Å². The van der Waals surface area contributed by atoms with Crippen molar-refractivity contribution < 1.29 is 9.15 Å². The number of halogens is 1. The monoisotopic (exact) mass is 400 g/mol. The minimum absolute atomic E-state index is 0.0953. The molecular formula is C24H17ClN2O2. The lowest BCUT2D eigenvalue weighted by Crippen LogP contribution is -2.00. The largest absolute Gasteiger partial charge is 0.449 e. The summed E-state index contributed by atoms with van der Waals surface area (Å²) in [6.45, 7) is 2.13. The van der Waals surface area contributed by atoms with Gasteiger partial charge in [0.25, 0.3) is 5.88 Å². The maximum absolute atomic E-state index is 6.30. The zero-order valence-electron chi connectivity index (χ0n) is 15.7. The van der Waals surface area contributed by atoms with Gasteiger partial charge in [-0.05, 0) is 35.9 Å². The number of benzene rings is 3. The van der Waals surface area contributed by atoms with Gasteiger partial charge >= 0.3 is 0 Å². The van der Waals surface area contributed by atoms with E-state index in [-0.39, 0.29) is 5.92 Å². The van der Waals surface area contributed by atoms with Crippen LogP contribution < -0.4 is 4.74 Å². The second kappa shape index (κ2) is 7.22. The van der Waals surface area contributed by atoms with Gasteiger partial charge in [0.05, 0.1) is 0 Å². The SMILES string of the molecule is C[C@@H](c1ccccc1)c1cc(Cl)ccc1Oc1ncnc2c1oc1ccccc12. The topological polar surface area (TPSA) is 48.2 Å². The summed E-state index contributed by atoms with van der Waals surface area (Å²) >= 11 is 6.30. The smallest absolute Gasteiger partial charge is 0.267 e. The number of hydrogen-bond acceptors (Lipinski definition) is 4. The normalized spacial score (nSPS) is 12.3. The molecule has 5 rings (SSSR count). The number of fused-ring (bicyclic) bond motifs is 3. The summed E-state index contributed by atoms with van der Waals surface area (Å²) in [6, 6.07) is 23.6. The maximum atomic E-state index is 6.30. The summed E-state index contributed by atoms with van der Waals surface area (Å²) in [5, 5.41) is 1.59. The Labute approximate surface area is 172 Å². The van der Waals surface area contributed by atoms with Crippen LogP contribution in [0.25, 0.3) is 22.1 Å². The molecule has 2 aromatic heterocycles. The van der Waals surface area contributed by atoms with E-state index < -0.39 is 0 Å². The van der Waals surface area contributed by atoms with Gasteiger partial charge in [-0.3, -0.25) is 0 Å². The summed E-state index contributed by atoms with van der Waals surface area (Å²) in [6.07, 6.45) is 1.50. The summed E-state index contributed by atoms with van der Waals surface area (Å²) in [4.78, 5) is 8.72. The van der Waals surface area contributed by atoms with Crippen LogP contribution in [0.2, 0.25) is 5.02 Å². The number of aromatic nitrogens is 2. The summed E-state index contributed by atoms with van der Waals surface area (Å²) in [7, 11) is 0. The number of para-hydroxylation sites is 1. The third-order valence-electron chi connectivity index (χ3n) is 5.07.